The van der Waals surface area contributed by atoms with Gasteiger partial charge in [-0.25, -0.2) is 0 Å². The predicted octanol–water partition coefficient (Wildman–Crippen LogP) is 3.72. The maximum atomic E-state index is 12.1. The second-order valence-electron chi connectivity index (χ2n) is 2.28. The molecule has 1 N–H and O–H groups in total. The zero-order valence-electron chi connectivity index (χ0n) is 5.99. The van der Waals surface area contributed by atoms with Gasteiger partial charge in [0.25, 0.3) is 0 Å². The fourth-order valence-electron chi connectivity index (χ4n) is 0.754. The van der Waals surface area contributed by atoms with E-state index in [4.69, 9.17) is 28.3 Å². The molecular formula is C7H3Cl2F3O. The van der Waals surface area contributed by atoms with Crippen molar-refractivity contribution in [3.63, 3.8) is 0 Å². The summed E-state index contributed by atoms with van der Waals surface area (Å²) in [6, 6.07) is 1.34. The molecule has 0 aliphatic heterocycles. The molecule has 0 heterocycles. The maximum Gasteiger partial charge on any atom is 0.417 e. The van der Waals surface area contributed by atoms with E-state index in [9.17, 15) is 13.2 Å². The Labute approximate surface area is 81.7 Å². The number of hydrogen-bond acceptors (Lipinski definition) is 1. The van der Waals surface area contributed by atoms with Gasteiger partial charge in [-0.05, 0) is 6.07 Å². The summed E-state index contributed by atoms with van der Waals surface area (Å²) < 4.78 is 36.4. The van der Waals surface area contributed by atoms with E-state index in [1.807, 2.05) is 0 Å². The van der Waals surface area contributed by atoms with Crippen LogP contribution in [0.25, 0.3) is 0 Å². The summed E-state index contributed by atoms with van der Waals surface area (Å²) in [5.41, 5.74) is -1.06. The largest absolute Gasteiger partial charge is 0.506 e. The van der Waals surface area contributed by atoms with Crippen molar-refractivity contribution in [2.24, 2.45) is 0 Å². The number of hydrogen-bond donors (Lipinski definition) is 1. The molecule has 1 rings (SSSR count). The number of halogens is 5. The van der Waals surface area contributed by atoms with Crippen molar-refractivity contribution in [3.8, 4) is 5.75 Å². The van der Waals surface area contributed by atoms with Crippen LogP contribution < -0.4 is 0 Å². The number of benzene rings is 1. The Morgan fingerprint density at radius 3 is 2.08 bits per heavy atom. The third kappa shape index (κ3) is 2.19. The molecule has 0 saturated carbocycles. The molecule has 0 saturated heterocycles. The van der Waals surface area contributed by atoms with Crippen molar-refractivity contribution >= 4 is 23.2 Å². The first-order chi connectivity index (χ1) is 5.82. The molecule has 0 atom stereocenters. The summed E-state index contributed by atoms with van der Waals surface area (Å²) in [6.07, 6.45) is -4.56. The fraction of sp³-hybridized carbons (Fsp3) is 0.143. The van der Waals surface area contributed by atoms with Crippen LogP contribution in [0.5, 0.6) is 5.75 Å². The molecule has 1 nitrogen and oxygen atoms in total. The summed E-state index contributed by atoms with van der Waals surface area (Å²) in [6.45, 7) is 0. The monoisotopic (exact) mass is 230 g/mol. The predicted molar refractivity (Wildman–Crippen MR) is 43.1 cm³/mol. The van der Waals surface area contributed by atoms with Gasteiger partial charge in [-0.15, -0.1) is 0 Å². The average Bonchev–Trinajstić information content (AvgIpc) is 1.94. The lowest BCUT2D eigenvalue weighted by Crippen LogP contribution is -2.05. The third-order valence-corrected chi connectivity index (χ3v) is 1.96. The summed E-state index contributed by atoms with van der Waals surface area (Å²) in [7, 11) is 0. The number of phenols is 1. The minimum atomic E-state index is -4.56. The zero-order chi connectivity index (χ0) is 10.2. The number of alkyl halides is 3. The summed E-state index contributed by atoms with van der Waals surface area (Å²) in [5, 5.41) is 7.95. The molecule has 0 fully saturated rings. The molecule has 1 aromatic carbocycles. The van der Waals surface area contributed by atoms with Crippen LogP contribution >= 0.6 is 23.2 Å². The van der Waals surface area contributed by atoms with Crippen LogP contribution in [0.2, 0.25) is 10.0 Å². The number of rotatable bonds is 0. The summed E-state index contributed by atoms with van der Waals surface area (Å²) >= 11 is 10.5. The van der Waals surface area contributed by atoms with Gasteiger partial charge < -0.3 is 5.11 Å². The first-order valence-electron chi connectivity index (χ1n) is 3.07. The Morgan fingerprint density at radius 2 is 1.62 bits per heavy atom. The van der Waals surface area contributed by atoms with E-state index in [-0.39, 0.29) is 5.02 Å². The summed E-state index contributed by atoms with van der Waals surface area (Å²) in [4.78, 5) is 0. The first kappa shape index (κ1) is 10.5. The lowest BCUT2D eigenvalue weighted by atomic mass is 10.2. The van der Waals surface area contributed by atoms with Crippen molar-refractivity contribution < 1.29 is 18.3 Å². The van der Waals surface area contributed by atoms with Crippen LogP contribution in [0.15, 0.2) is 12.1 Å². The molecule has 1 aromatic rings. The van der Waals surface area contributed by atoms with Gasteiger partial charge in [0, 0.05) is 6.07 Å². The van der Waals surface area contributed by atoms with Gasteiger partial charge in [0.15, 0.2) is 0 Å². The minimum absolute atomic E-state index is 0.378. The standard InChI is InChI=1S/C7H3Cl2F3O/c8-4-2-6(13)5(9)1-3(4)7(10,11)12/h1-2,13H. The third-order valence-electron chi connectivity index (χ3n) is 1.34. The van der Waals surface area contributed by atoms with E-state index >= 15 is 0 Å². The molecule has 0 aliphatic rings. The van der Waals surface area contributed by atoms with Crippen LogP contribution in [-0.4, -0.2) is 5.11 Å². The molecule has 72 valence electrons. The fourth-order valence-corrected chi connectivity index (χ4v) is 1.18. The second-order valence-corrected chi connectivity index (χ2v) is 3.10. The molecule has 0 aromatic heterocycles. The number of aromatic hydroxyl groups is 1. The van der Waals surface area contributed by atoms with Crippen LogP contribution in [0.3, 0.4) is 0 Å². The van der Waals surface area contributed by atoms with Crippen molar-refractivity contribution in [1.82, 2.24) is 0 Å². The molecule has 0 unspecified atom stereocenters. The van der Waals surface area contributed by atoms with Gasteiger partial charge in [-0.1, -0.05) is 23.2 Å². The molecule has 0 bridgehead atoms. The Morgan fingerprint density at radius 1 is 1.08 bits per heavy atom. The highest BCUT2D eigenvalue weighted by Gasteiger charge is 2.33. The van der Waals surface area contributed by atoms with Gasteiger partial charge in [0.2, 0.25) is 0 Å². The Balaban J connectivity index is 3.32. The molecule has 13 heavy (non-hydrogen) atoms. The Hall–Kier alpha value is -0.610. The van der Waals surface area contributed by atoms with Crippen LogP contribution in [0.4, 0.5) is 13.2 Å². The van der Waals surface area contributed by atoms with E-state index in [0.717, 1.165) is 6.07 Å². The molecule has 0 spiro atoms. The SMILES string of the molecule is Oc1cc(Cl)c(C(F)(F)F)cc1Cl. The highest BCUT2D eigenvalue weighted by molar-refractivity contribution is 6.34. The van der Waals surface area contributed by atoms with Crippen molar-refractivity contribution in [2.45, 2.75) is 6.18 Å². The second kappa shape index (κ2) is 3.27. The number of phenolic OH excluding ortho intramolecular Hbond substituents is 1. The molecular weight excluding hydrogens is 228 g/mol. The average molecular weight is 231 g/mol. The summed E-state index contributed by atoms with van der Waals surface area (Å²) in [5.74, 6) is -0.473. The Bertz CT molecular complexity index is 335. The van der Waals surface area contributed by atoms with E-state index in [1.165, 1.54) is 0 Å². The van der Waals surface area contributed by atoms with Crippen molar-refractivity contribution in [1.29, 1.82) is 0 Å². The van der Waals surface area contributed by atoms with Gasteiger partial charge in [-0.2, -0.15) is 13.2 Å². The van der Waals surface area contributed by atoms with Crippen LogP contribution in [0.1, 0.15) is 5.56 Å². The van der Waals surface area contributed by atoms with Crippen molar-refractivity contribution in [2.75, 3.05) is 0 Å². The van der Waals surface area contributed by atoms with E-state index in [1.54, 1.807) is 0 Å². The van der Waals surface area contributed by atoms with E-state index in [0.29, 0.717) is 6.07 Å². The highest BCUT2D eigenvalue weighted by Crippen LogP contribution is 2.39. The quantitative estimate of drug-likeness (QED) is 0.721. The molecule has 6 heteroatoms. The van der Waals surface area contributed by atoms with Gasteiger partial charge >= 0.3 is 6.18 Å². The lowest BCUT2D eigenvalue weighted by Gasteiger charge is -2.09. The topological polar surface area (TPSA) is 20.2 Å². The molecule has 0 radical (unpaired) electrons. The van der Waals surface area contributed by atoms with Gasteiger partial charge in [0.1, 0.15) is 5.75 Å². The molecule has 0 aliphatic carbocycles. The highest BCUT2D eigenvalue weighted by atomic mass is 35.5. The van der Waals surface area contributed by atoms with E-state index < -0.39 is 22.5 Å². The van der Waals surface area contributed by atoms with Crippen LogP contribution in [0, 0.1) is 0 Å². The molecule has 0 amide bonds. The first-order valence-corrected chi connectivity index (χ1v) is 3.83. The van der Waals surface area contributed by atoms with Crippen LogP contribution in [-0.2, 0) is 6.18 Å². The normalized spacial score (nSPS) is 11.8. The zero-order valence-corrected chi connectivity index (χ0v) is 7.50. The van der Waals surface area contributed by atoms with E-state index in [2.05, 4.69) is 0 Å². The maximum absolute atomic E-state index is 12.1. The Kier molecular flexibility index (Phi) is 2.63. The van der Waals surface area contributed by atoms with Crippen molar-refractivity contribution in [3.05, 3.63) is 27.7 Å². The smallest absolute Gasteiger partial charge is 0.417 e. The minimum Gasteiger partial charge on any atom is -0.506 e. The van der Waals surface area contributed by atoms with Gasteiger partial charge in [-0.3, -0.25) is 0 Å². The van der Waals surface area contributed by atoms with Gasteiger partial charge in [0.05, 0.1) is 15.6 Å². The lowest BCUT2D eigenvalue weighted by molar-refractivity contribution is -0.137.